The summed E-state index contributed by atoms with van der Waals surface area (Å²) in [4.78, 5) is 11.5. The number of hydrogen-bond acceptors (Lipinski definition) is 5. The van der Waals surface area contributed by atoms with E-state index in [4.69, 9.17) is 9.84 Å². The van der Waals surface area contributed by atoms with Crippen LogP contribution in [-0.4, -0.2) is 33.1 Å². The first-order chi connectivity index (χ1) is 10.8. The van der Waals surface area contributed by atoms with E-state index in [1.165, 1.54) is 20.0 Å². The Labute approximate surface area is 128 Å². The quantitative estimate of drug-likeness (QED) is 0.810. The number of esters is 1. The van der Waals surface area contributed by atoms with Crippen molar-refractivity contribution in [2.75, 3.05) is 7.11 Å². The molecule has 2 aromatic rings. The summed E-state index contributed by atoms with van der Waals surface area (Å²) in [5, 5.41) is 13.0. The first-order valence-corrected chi connectivity index (χ1v) is 7.71. The molecule has 0 spiro atoms. The van der Waals surface area contributed by atoms with E-state index in [0.29, 0.717) is 5.92 Å². The first kappa shape index (κ1) is 13.4. The number of hydrogen-bond donors (Lipinski definition) is 0. The van der Waals surface area contributed by atoms with Crippen molar-refractivity contribution in [3.8, 4) is 11.3 Å². The zero-order valence-corrected chi connectivity index (χ0v) is 12.5. The Morgan fingerprint density at radius 3 is 2.82 bits per heavy atom. The third-order valence-corrected chi connectivity index (χ3v) is 4.59. The molecule has 114 valence electrons. The second-order valence-corrected chi connectivity index (χ2v) is 6.14. The second kappa shape index (κ2) is 5.19. The fourth-order valence-corrected chi connectivity index (χ4v) is 3.06. The summed E-state index contributed by atoms with van der Waals surface area (Å²) in [7, 11) is 1.45. The van der Waals surface area contributed by atoms with Crippen molar-refractivity contribution >= 4 is 5.97 Å². The number of methoxy groups -OCH3 is 1. The number of carbonyl (C=O) groups is 1. The van der Waals surface area contributed by atoms with Gasteiger partial charge in [0.2, 0.25) is 0 Å². The molecule has 6 nitrogen and oxygen atoms in total. The molecule has 2 fully saturated rings. The molecule has 2 aromatic heterocycles. The largest absolute Gasteiger partial charge is 0.469 e. The van der Waals surface area contributed by atoms with Crippen molar-refractivity contribution in [1.29, 1.82) is 0 Å². The highest BCUT2D eigenvalue weighted by molar-refractivity contribution is 5.73. The SMILES string of the molecule is COC(=O)C1CC(n2cc(-c3cccnn3)c(C3CC3)n2)C1. The van der Waals surface area contributed by atoms with Crippen molar-refractivity contribution in [2.45, 2.75) is 37.6 Å². The molecule has 2 heterocycles. The number of carbonyl (C=O) groups excluding carboxylic acids is 1. The molecule has 0 N–H and O–H groups in total. The van der Waals surface area contributed by atoms with Gasteiger partial charge in [-0.05, 0) is 37.8 Å². The average Bonchev–Trinajstić information content (AvgIpc) is 3.27. The van der Waals surface area contributed by atoms with Crippen LogP contribution in [0.15, 0.2) is 24.5 Å². The number of aromatic nitrogens is 4. The van der Waals surface area contributed by atoms with Crippen molar-refractivity contribution < 1.29 is 9.53 Å². The molecule has 2 saturated carbocycles. The Morgan fingerprint density at radius 2 is 2.18 bits per heavy atom. The molecule has 22 heavy (non-hydrogen) atoms. The number of nitrogens with zero attached hydrogens (tertiary/aromatic N) is 4. The monoisotopic (exact) mass is 298 g/mol. The lowest BCUT2D eigenvalue weighted by molar-refractivity contribution is -0.149. The van der Waals surface area contributed by atoms with Crippen LogP contribution in [-0.2, 0) is 9.53 Å². The maximum Gasteiger partial charge on any atom is 0.308 e. The van der Waals surface area contributed by atoms with Crippen LogP contribution in [0.5, 0.6) is 0 Å². The van der Waals surface area contributed by atoms with Crippen LogP contribution in [0.4, 0.5) is 0 Å². The summed E-state index contributed by atoms with van der Waals surface area (Å²) < 4.78 is 6.81. The van der Waals surface area contributed by atoms with Crippen LogP contribution in [0.2, 0.25) is 0 Å². The molecule has 4 rings (SSSR count). The van der Waals surface area contributed by atoms with E-state index in [1.54, 1.807) is 6.20 Å². The molecule has 2 aliphatic rings. The lowest BCUT2D eigenvalue weighted by Gasteiger charge is -2.33. The predicted molar refractivity (Wildman–Crippen MR) is 79.0 cm³/mol. The minimum Gasteiger partial charge on any atom is -0.469 e. The van der Waals surface area contributed by atoms with E-state index < -0.39 is 0 Å². The van der Waals surface area contributed by atoms with Gasteiger partial charge in [-0.15, -0.1) is 0 Å². The third kappa shape index (κ3) is 2.28. The van der Waals surface area contributed by atoms with Crippen LogP contribution >= 0.6 is 0 Å². The summed E-state index contributed by atoms with van der Waals surface area (Å²) in [6.45, 7) is 0. The minimum absolute atomic E-state index is 0.0172. The normalized spacial score (nSPS) is 23.9. The molecule has 0 aliphatic heterocycles. The van der Waals surface area contributed by atoms with E-state index in [9.17, 15) is 4.79 Å². The van der Waals surface area contributed by atoms with Crippen molar-refractivity contribution in [3.05, 3.63) is 30.2 Å². The summed E-state index contributed by atoms with van der Waals surface area (Å²) in [6, 6.07) is 4.15. The smallest absolute Gasteiger partial charge is 0.308 e. The predicted octanol–water partition coefficient (Wildman–Crippen LogP) is 2.34. The van der Waals surface area contributed by atoms with Gasteiger partial charge >= 0.3 is 5.97 Å². The Bertz CT molecular complexity index is 687. The topological polar surface area (TPSA) is 69.9 Å². The van der Waals surface area contributed by atoms with Gasteiger partial charge in [-0.1, -0.05) is 0 Å². The summed E-state index contributed by atoms with van der Waals surface area (Å²) in [6.07, 6.45) is 7.74. The highest BCUT2D eigenvalue weighted by Gasteiger charge is 2.38. The van der Waals surface area contributed by atoms with Gasteiger partial charge in [0, 0.05) is 23.9 Å². The molecular formula is C16H18N4O2. The van der Waals surface area contributed by atoms with Crippen molar-refractivity contribution in [3.63, 3.8) is 0 Å². The molecule has 0 saturated heterocycles. The molecule has 0 aromatic carbocycles. The van der Waals surface area contributed by atoms with E-state index >= 15 is 0 Å². The summed E-state index contributed by atoms with van der Waals surface area (Å²) in [5.74, 6) is 0.457. The fourth-order valence-electron chi connectivity index (χ4n) is 3.06. The fraction of sp³-hybridized carbons (Fsp3) is 0.500. The number of ether oxygens (including phenoxy) is 1. The van der Waals surface area contributed by atoms with Crippen LogP contribution in [0.1, 0.15) is 43.3 Å². The second-order valence-electron chi connectivity index (χ2n) is 6.14. The molecule has 0 unspecified atom stereocenters. The standard InChI is InChI=1S/C16H18N4O2/c1-22-16(21)11-7-12(8-11)20-9-13(14-3-2-6-17-18-14)15(19-20)10-4-5-10/h2-3,6,9-12H,4-5,7-8H2,1H3. The molecule has 0 radical (unpaired) electrons. The Morgan fingerprint density at radius 1 is 1.36 bits per heavy atom. The van der Waals surface area contributed by atoms with Gasteiger partial charge in [0.05, 0.1) is 30.5 Å². The Hall–Kier alpha value is -2.24. The van der Waals surface area contributed by atoms with Gasteiger partial charge in [0.1, 0.15) is 0 Å². The van der Waals surface area contributed by atoms with E-state index in [0.717, 1.165) is 29.8 Å². The van der Waals surface area contributed by atoms with Crippen molar-refractivity contribution in [2.24, 2.45) is 5.92 Å². The van der Waals surface area contributed by atoms with Crippen LogP contribution in [0.25, 0.3) is 11.3 Å². The Balaban J connectivity index is 1.59. The van der Waals surface area contributed by atoms with Gasteiger partial charge < -0.3 is 4.74 Å². The van der Waals surface area contributed by atoms with Crippen molar-refractivity contribution in [1.82, 2.24) is 20.0 Å². The zero-order valence-electron chi connectivity index (χ0n) is 12.5. The lowest BCUT2D eigenvalue weighted by atomic mass is 9.80. The molecule has 0 amide bonds. The van der Waals surface area contributed by atoms with Crippen LogP contribution < -0.4 is 0 Å². The first-order valence-electron chi connectivity index (χ1n) is 7.71. The van der Waals surface area contributed by atoms with Gasteiger partial charge in [-0.3, -0.25) is 9.48 Å². The summed E-state index contributed by atoms with van der Waals surface area (Å²) in [5.41, 5.74) is 3.08. The highest BCUT2D eigenvalue weighted by Crippen LogP contribution is 2.45. The maximum atomic E-state index is 11.5. The summed E-state index contributed by atoms with van der Waals surface area (Å²) >= 11 is 0. The minimum atomic E-state index is -0.111. The van der Waals surface area contributed by atoms with Gasteiger partial charge in [-0.25, -0.2) is 0 Å². The van der Waals surface area contributed by atoms with Crippen LogP contribution in [0.3, 0.4) is 0 Å². The van der Waals surface area contributed by atoms with Gasteiger partial charge in [0.15, 0.2) is 0 Å². The maximum absolute atomic E-state index is 11.5. The third-order valence-electron chi connectivity index (χ3n) is 4.59. The zero-order chi connectivity index (χ0) is 15.1. The molecule has 0 atom stereocenters. The molecule has 0 bridgehead atoms. The van der Waals surface area contributed by atoms with E-state index in [2.05, 4.69) is 16.4 Å². The number of rotatable bonds is 4. The molecular weight excluding hydrogens is 280 g/mol. The van der Waals surface area contributed by atoms with E-state index in [1.807, 2.05) is 16.8 Å². The van der Waals surface area contributed by atoms with Crippen LogP contribution in [0, 0.1) is 5.92 Å². The van der Waals surface area contributed by atoms with E-state index in [-0.39, 0.29) is 17.9 Å². The average molecular weight is 298 g/mol. The molecule has 6 heteroatoms. The van der Waals surface area contributed by atoms with Gasteiger partial charge in [0.25, 0.3) is 0 Å². The molecule has 2 aliphatic carbocycles. The lowest BCUT2D eigenvalue weighted by Crippen LogP contribution is -2.33. The highest BCUT2D eigenvalue weighted by atomic mass is 16.5. The van der Waals surface area contributed by atoms with Gasteiger partial charge in [-0.2, -0.15) is 15.3 Å². The Kier molecular flexibility index (Phi) is 3.17.